The van der Waals surface area contributed by atoms with Gasteiger partial charge in [-0.2, -0.15) is 0 Å². The molecule has 1 fully saturated rings. The van der Waals surface area contributed by atoms with Crippen molar-refractivity contribution in [1.82, 2.24) is 9.80 Å². The third kappa shape index (κ3) is 8.44. The zero-order valence-corrected chi connectivity index (χ0v) is 23.9. The van der Waals surface area contributed by atoms with Crippen LogP contribution in [0.2, 0.25) is 0 Å². The molecule has 0 unspecified atom stereocenters. The molecular formula is C31H44N4O4. The fraction of sp³-hybridized carbons (Fsp3) is 0.548. The fourth-order valence-electron chi connectivity index (χ4n) is 5.25. The predicted octanol–water partition coefficient (Wildman–Crippen LogP) is 4.31. The number of benzene rings is 2. The van der Waals surface area contributed by atoms with Crippen molar-refractivity contribution in [2.24, 2.45) is 0 Å². The summed E-state index contributed by atoms with van der Waals surface area (Å²) in [5.41, 5.74) is 4.12. The average Bonchev–Trinajstić information content (AvgIpc) is 2.93. The molecule has 1 saturated heterocycles. The fourth-order valence-corrected chi connectivity index (χ4v) is 5.25. The number of hydrogen-bond acceptors (Lipinski definition) is 6. The highest BCUT2D eigenvalue weighted by Crippen LogP contribution is 2.27. The molecule has 0 spiro atoms. The van der Waals surface area contributed by atoms with Crippen LogP contribution in [0, 0.1) is 0 Å². The van der Waals surface area contributed by atoms with E-state index in [1.165, 1.54) is 5.56 Å². The van der Waals surface area contributed by atoms with Crippen molar-refractivity contribution in [3.05, 3.63) is 53.6 Å². The Balaban J connectivity index is 1.55. The molecule has 39 heavy (non-hydrogen) atoms. The van der Waals surface area contributed by atoms with Gasteiger partial charge >= 0.3 is 0 Å². The minimum atomic E-state index is -0.0416. The van der Waals surface area contributed by atoms with E-state index in [-0.39, 0.29) is 18.4 Å². The summed E-state index contributed by atoms with van der Waals surface area (Å²) >= 11 is 0. The van der Waals surface area contributed by atoms with Gasteiger partial charge < -0.3 is 24.2 Å². The highest BCUT2D eigenvalue weighted by atomic mass is 16.5. The van der Waals surface area contributed by atoms with E-state index < -0.39 is 0 Å². The van der Waals surface area contributed by atoms with Crippen molar-refractivity contribution in [1.29, 1.82) is 0 Å². The summed E-state index contributed by atoms with van der Waals surface area (Å²) in [7, 11) is 3.96. The summed E-state index contributed by atoms with van der Waals surface area (Å²) in [4.78, 5) is 34.5. The van der Waals surface area contributed by atoms with Crippen LogP contribution in [-0.2, 0) is 27.4 Å². The summed E-state index contributed by atoms with van der Waals surface area (Å²) in [5, 5.41) is 0. The van der Waals surface area contributed by atoms with Gasteiger partial charge in [0, 0.05) is 77.7 Å². The molecule has 0 bridgehead atoms. The summed E-state index contributed by atoms with van der Waals surface area (Å²) in [6.45, 7) is 7.60. The number of ether oxygens (including phenoxy) is 2. The van der Waals surface area contributed by atoms with Crippen molar-refractivity contribution in [3.8, 4) is 5.75 Å². The highest BCUT2D eigenvalue weighted by molar-refractivity contribution is 5.92. The van der Waals surface area contributed by atoms with Crippen LogP contribution in [0.1, 0.15) is 50.2 Å². The van der Waals surface area contributed by atoms with Crippen molar-refractivity contribution < 1.29 is 19.1 Å². The van der Waals surface area contributed by atoms with Crippen LogP contribution < -0.4 is 14.5 Å². The van der Waals surface area contributed by atoms with Crippen LogP contribution in [0.4, 0.5) is 11.4 Å². The van der Waals surface area contributed by atoms with Gasteiger partial charge in [-0.25, -0.2) is 0 Å². The number of rotatable bonds is 6. The normalized spacial score (nSPS) is 17.5. The van der Waals surface area contributed by atoms with E-state index in [0.29, 0.717) is 25.4 Å². The van der Waals surface area contributed by atoms with E-state index in [4.69, 9.17) is 9.47 Å². The lowest BCUT2D eigenvalue weighted by Gasteiger charge is -2.30. The summed E-state index contributed by atoms with van der Waals surface area (Å²) < 4.78 is 11.4. The summed E-state index contributed by atoms with van der Waals surface area (Å²) in [5.74, 6) is 0.679. The number of amides is 2. The van der Waals surface area contributed by atoms with Gasteiger partial charge in [-0.05, 0) is 42.2 Å². The minimum Gasteiger partial charge on any atom is -0.484 e. The van der Waals surface area contributed by atoms with Crippen LogP contribution in [-0.4, -0.2) is 81.7 Å². The molecule has 212 valence electrons. The Bertz CT molecular complexity index is 1100. The van der Waals surface area contributed by atoms with Gasteiger partial charge in [0.2, 0.25) is 5.91 Å². The Kier molecular flexibility index (Phi) is 10.6. The molecule has 2 aliphatic rings. The number of fused-ring (bicyclic) bond motifs is 1. The number of morpholine rings is 1. The van der Waals surface area contributed by atoms with Gasteiger partial charge in [-0.15, -0.1) is 0 Å². The second-order valence-corrected chi connectivity index (χ2v) is 10.8. The summed E-state index contributed by atoms with van der Waals surface area (Å²) in [6.07, 6.45) is 5.19. The van der Waals surface area contributed by atoms with E-state index >= 15 is 0 Å². The van der Waals surface area contributed by atoms with Gasteiger partial charge in [0.05, 0.1) is 13.2 Å². The van der Waals surface area contributed by atoms with E-state index in [0.717, 1.165) is 81.9 Å². The second kappa shape index (κ2) is 14.3. The van der Waals surface area contributed by atoms with Crippen molar-refractivity contribution >= 4 is 23.2 Å². The molecule has 2 aromatic rings. The number of hydrogen-bond donors (Lipinski definition) is 0. The van der Waals surface area contributed by atoms with E-state index in [1.54, 1.807) is 6.92 Å². The molecule has 4 rings (SSSR count). The molecule has 2 amide bonds. The maximum atomic E-state index is 13.5. The molecule has 0 N–H and O–H groups in total. The van der Waals surface area contributed by atoms with Crippen molar-refractivity contribution in [2.75, 3.05) is 69.9 Å². The Hall–Kier alpha value is -3.10. The Morgan fingerprint density at radius 2 is 1.67 bits per heavy atom. The largest absolute Gasteiger partial charge is 0.484 e. The third-order valence-electron chi connectivity index (χ3n) is 7.55. The lowest BCUT2D eigenvalue weighted by Crippen LogP contribution is -2.37. The molecule has 8 nitrogen and oxygen atoms in total. The van der Waals surface area contributed by atoms with E-state index in [2.05, 4.69) is 23.1 Å². The van der Waals surface area contributed by atoms with Gasteiger partial charge in [0.25, 0.3) is 5.91 Å². The molecule has 2 aromatic carbocycles. The molecule has 2 aliphatic heterocycles. The van der Waals surface area contributed by atoms with E-state index in [9.17, 15) is 9.59 Å². The molecule has 0 aliphatic carbocycles. The minimum absolute atomic E-state index is 0.0161. The molecule has 0 aromatic heterocycles. The lowest BCUT2D eigenvalue weighted by atomic mass is 10.0. The van der Waals surface area contributed by atoms with Gasteiger partial charge in [0.15, 0.2) is 6.61 Å². The predicted molar refractivity (Wildman–Crippen MR) is 155 cm³/mol. The van der Waals surface area contributed by atoms with Crippen LogP contribution >= 0.6 is 0 Å². The zero-order valence-electron chi connectivity index (χ0n) is 23.9. The first-order valence-electron chi connectivity index (χ1n) is 14.3. The number of carbonyl (C=O) groups excluding carboxylic acids is 2. The topological polar surface area (TPSA) is 65.6 Å². The molecule has 8 heteroatoms. The molecule has 0 radical (unpaired) electrons. The second-order valence-electron chi connectivity index (χ2n) is 10.8. The number of nitrogens with zero attached hydrogens (tertiary/aromatic N) is 4. The van der Waals surface area contributed by atoms with Crippen LogP contribution in [0.5, 0.6) is 5.75 Å². The van der Waals surface area contributed by atoms with Crippen LogP contribution in [0.3, 0.4) is 0 Å². The quantitative estimate of drug-likeness (QED) is 0.548. The maximum absolute atomic E-state index is 13.5. The Labute approximate surface area is 233 Å². The lowest BCUT2D eigenvalue weighted by molar-refractivity contribution is -0.134. The molecular weight excluding hydrogens is 492 g/mol. The SMILES string of the molecule is CC(=O)N1CCCCCCCN(C(=O)COc2cccc(N(C)C)c2)Cc2ccc(CN3CCOCC3)cc21. The first kappa shape index (κ1) is 28.9. The maximum Gasteiger partial charge on any atom is 0.260 e. The zero-order chi connectivity index (χ0) is 27.6. The highest BCUT2D eigenvalue weighted by Gasteiger charge is 2.22. The number of carbonyl (C=O) groups is 2. The average molecular weight is 537 g/mol. The van der Waals surface area contributed by atoms with Gasteiger partial charge in [-0.1, -0.05) is 37.5 Å². The first-order chi connectivity index (χ1) is 18.9. The van der Waals surface area contributed by atoms with Crippen molar-refractivity contribution in [2.45, 2.75) is 52.1 Å². The van der Waals surface area contributed by atoms with Gasteiger partial charge in [-0.3, -0.25) is 14.5 Å². The van der Waals surface area contributed by atoms with Crippen molar-refractivity contribution in [3.63, 3.8) is 0 Å². The Morgan fingerprint density at radius 3 is 2.41 bits per heavy atom. The van der Waals surface area contributed by atoms with Crippen LogP contribution in [0.15, 0.2) is 42.5 Å². The standard InChI is InChI=1S/C31H44N4O4/c1-25(36)35-15-8-6-4-5-7-14-34(31(37)24-39-29-11-9-10-28(21-29)32(2)3)23-27-13-12-26(20-30(27)35)22-33-16-18-38-19-17-33/h9-13,20-21H,4-8,14-19,22-24H2,1-3H3. The summed E-state index contributed by atoms with van der Waals surface area (Å²) in [6, 6.07) is 14.2. The molecule has 2 heterocycles. The number of anilines is 2. The Morgan fingerprint density at radius 1 is 0.923 bits per heavy atom. The smallest absolute Gasteiger partial charge is 0.260 e. The van der Waals surface area contributed by atoms with Gasteiger partial charge in [0.1, 0.15) is 5.75 Å². The monoisotopic (exact) mass is 536 g/mol. The first-order valence-corrected chi connectivity index (χ1v) is 14.3. The third-order valence-corrected chi connectivity index (χ3v) is 7.55. The van der Waals surface area contributed by atoms with Crippen LogP contribution in [0.25, 0.3) is 0 Å². The van der Waals surface area contributed by atoms with E-state index in [1.807, 2.05) is 53.1 Å². The molecule has 0 atom stereocenters. The molecule has 0 saturated carbocycles.